The molecule has 0 aliphatic heterocycles. The highest BCUT2D eigenvalue weighted by atomic mass is 32.1. The number of rotatable bonds is 5. The lowest BCUT2D eigenvalue weighted by Gasteiger charge is -2.04. The first kappa shape index (κ1) is 15.2. The lowest BCUT2D eigenvalue weighted by molar-refractivity contribution is 0.101. The minimum absolute atomic E-state index is 0.0495. The van der Waals surface area contributed by atoms with Crippen molar-refractivity contribution in [2.24, 2.45) is 0 Å². The van der Waals surface area contributed by atoms with Crippen LogP contribution in [0.4, 0.5) is 5.13 Å². The molecule has 1 N–H and O–H groups in total. The highest BCUT2D eigenvalue weighted by Gasteiger charge is 2.14. The zero-order valence-electron chi connectivity index (χ0n) is 12.1. The van der Waals surface area contributed by atoms with Gasteiger partial charge >= 0.3 is 0 Å². The quantitative estimate of drug-likeness (QED) is 0.861. The van der Waals surface area contributed by atoms with Crippen LogP contribution in [0.15, 0.2) is 24.3 Å². The number of aromatic nitrogens is 1. The normalized spacial score (nSPS) is 10.2. The van der Waals surface area contributed by atoms with E-state index in [2.05, 4.69) is 10.3 Å². The number of hydrogen-bond donors (Lipinski definition) is 1. The molecule has 1 aromatic heterocycles. The number of ether oxygens (including phenoxy) is 1. The first-order valence-corrected chi connectivity index (χ1v) is 7.35. The van der Waals surface area contributed by atoms with E-state index in [0.717, 1.165) is 5.75 Å². The number of nitrogens with zero attached hydrogens (tertiary/aromatic N) is 1. The predicted molar refractivity (Wildman–Crippen MR) is 82.4 cm³/mol. The lowest BCUT2D eigenvalue weighted by atomic mass is 10.2. The topological polar surface area (TPSA) is 68.3 Å². The fourth-order valence-electron chi connectivity index (χ4n) is 1.82. The van der Waals surface area contributed by atoms with Gasteiger partial charge in [-0.1, -0.05) is 11.3 Å². The molecule has 0 aliphatic rings. The van der Waals surface area contributed by atoms with Gasteiger partial charge in [0, 0.05) is 12.5 Å². The molecule has 0 spiro atoms. The highest BCUT2D eigenvalue weighted by molar-refractivity contribution is 7.17. The van der Waals surface area contributed by atoms with Gasteiger partial charge in [-0.2, -0.15) is 0 Å². The molecule has 0 atom stereocenters. The number of ketones is 1. The molecule has 0 radical (unpaired) electrons. The third-order valence-electron chi connectivity index (χ3n) is 2.76. The Morgan fingerprint density at radius 1 is 1.29 bits per heavy atom. The van der Waals surface area contributed by atoms with Crippen LogP contribution in [0, 0.1) is 6.92 Å². The summed E-state index contributed by atoms with van der Waals surface area (Å²) < 4.78 is 5.32. The zero-order valence-corrected chi connectivity index (χ0v) is 12.9. The van der Waals surface area contributed by atoms with E-state index in [4.69, 9.17) is 4.74 Å². The van der Waals surface area contributed by atoms with Crippen molar-refractivity contribution in [2.45, 2.75) is 20.8 Å². The number of benzene rings is 1. The molecular formula is C15H16N2O3S. The SMILES string of the molecule is CCOc1ccc(C(=O)Nc2nc(C)c(C(C)=O)s2)cc1. The second-order valence-electron chi connectivity index (χ2n) is 4.40. The van der Waals surface area contributed by atoms with E-state index < -0.39 is 0 Å². The summed E-state index contributed by atoms with van der Waals surface area (Å²) >= 11 is 1.18. The van der Waals surface area contributed by atoms with Gasteiger partial charge in [-0.05, 0) is 38.1 Å². The second-order valence-corrected chi connectivity index (χ2v) is 5.40. The maximum Gasteiger partial charge on any atom is 0.257 e. The second kappa shape index (κ2) is 6.49. The number of carbonyl (C=O) groups excluding carboxylic acids is 2. The first-order valence-electron chi connectivity index (χ1n) is 6.53. The van der Waals surface area contributed by atoms with E-state index in [1.807, 2.05) is 6.92 Å². The van der Waals surface area contributed by atoms with Crippen LogP contribution in [-0.2, 0) is 0 Å². The van der Waals surface area contributed by atoms with Gasteiger partial charge in [0.2, 0.25) is 0 Å². The summed E-state index contributed by atoms with van der Waals surface area (Å²) in [4.78, 5) is 28.2. The van der Waals surface area contributed by atoms with Crippen molar-refractivity contribution in [3.05, 3.63) is 40.4 Å². The van der Waals surface area contributed by atoms with Crippen LogP contribution in [0.3, 0.4) is 0 Å². The van der Waals surface area contributed by atoms with Gasteiger partial charge in [0.05, 0.1) is 17.2 Å². The molecule has 0 unspecified atom stereocenters. The van der Waals surface area contributed by atoms with Crippen molar-refractivity contribution in [2.75, 3.05) is 11.9 Å². The Kier molecular flexibility index (Phi) is 4.70. The Bertz CT molecular complexity index is 662. The fraction of sp³-hybridized carbons (Fsp3) is 0.267. The maximum atomic E-state index is 12.1. The van der Waals surface area contributed by atoms with Crippen molar-refractivity contribution < 1.29 is 14.3 Å². The van der Waals surface area contributed by atoms with Crippen molar-refractivity contribution in [3.8, 4) is 5.75 Å². The van der Waals surface area contributed by atoms with E-state index in [-0.39, 0.29) is 11.7 Å². The minimum atomic E-state index is -0.262. The molecule has 5 nitrogen and oxygen atoms in total. The molecule has 0 bridgehead atoms. The summed E-state index contributed by atoms with van der Waals surface area (Å²) in [6.07, 6.45) is 0. The Balaban J connectivity index is 2.10. The third kappa shape index (κ3) is 3.66. The average Bonchev–Trinajstić information content (AvgIpc) is 2.81. The highest BCUT2D eigenvalue weighted by Crippen LogP contribution is 2.23. The van der Waals surface area contributed by atoms with Crippen molar-refractivity contribution in [3.63, 3.8) is 0 Å². The van der Waals surface area contributed by atoms with Gasteiger partial charge in [-0.15, -0.1) is 0 Å². The van der Waals surface area contributed by atoms with Gasteiger partial charge in [-0.3, -0.25) is 14.9 Å². The van der Waals surface area contributed by atoms with Gasteiger partial charge in [0.1, 0.15) is 5.75 Å². The molecular weight excluding hydrogens is 288 g/mol. The number of amides is 1. The van der Waals surface area contributed by atoms with Crippen LogP contribution in [0.2, 0.25) is 0 Å². The molecule has 6 heteroatoms. The first-order chi connectivity index (χ1) is 10.0. The van der Waals surface area contributed by atoms with Crippen LogP contribution in [0.25, 0.3) is 0 Å². The molecule has 1 amide bonds. The summed E-state index contributed by atoms with van der Waals surface area (Å²) in [5.74, 6) is 0.409. The van der Waals surface area contributed by atoms with Crippen LogP contribution in [-0.4, -0.2) is 23.3 Å². The van der Waals surface area contributed by atoms with Crippen LogP contribution >= 0.6 is 11.3 Å². The molecule has 110 valence electrons. The number of anilines is 1. The minimum Gasteiger partial charge on any atom is -0.494 e. The Hall–Kier alpha value is -2.21. The largest absolute Gasteiger partial charge is 0.494 e. The lowest BCUT2D eigenvalue weighted by Crippen LogP contribution is -2.11. The van der Waals surface area contributed by atoms with E-state index in [1.165, 1.54) is 18.3 Å². The predicted octanol–water partition coefficient (Wildman–Crippen LogP) is 3.31. The van der Waals surface area contributed by atoms with E-state index in [9.17, 15) is 9.59 Å². The number of nitrogens with one attached hydrogen (secondary N) is 1. The molecule has 2 aromatic rings. The van der Waals surface area contributed by atoms with Gasteiger partial charge in [0.25, 0.3) is 5.91 Å². The number of Topliss-reactive ketones (excluding diaryl/α,β-unsaturated/α-hetero) is 1. The molecule has 1 aromatic carbocycles. The molecule has 0 saturated heterocycles. The van der Waals surface area contributed by atoms with Gasteiger partial charge in [0.15, 0.2) is 10.9 Å². The van der Waals surface area contributed by atoms with Crippen LogP contribution in [0.5, 0.6) is 5.75 Å². The summed E-state index contributed by atoms with van der Waals surface area (Å²) in [5, 5.41) is 3.13. The van der Waals surface area contributed by atoms with Crippen molar-refractivity contribution >= 4 is 28.2 Å². The van der Waals surface area contributed by atoms with E-state index in [1.54, 1.807) is 31.2 Å². The van der Waals surface area contributed by atoms with E-state index >= 15 is 0 Å². The molecule has 0 fully saturated rings. The number of aryl methyl sites for hydroxylation is 1. The van der Waals surface area contributed by atoms with Gasteiger partial charge in [-0.25, -0.2) is 4.98 Å². The molecule has 0 saturated carbocycles. The Labute approximate surface area is 127 Å². The standard InChI is InChI=1S/C15H16N2O3S/c1-4-20-12-7-5-11(6-8-12)14(19)17-15-16-9(2)13(21-15)10(3)18/h5-8H,4H2,1-3H3,(H,16,17,19). The van der Waals surface area contributed by atoms with Crippen molar-refractivity contribution in [1.82, 2.24) is 4.98 Å². The van der Waals surface area contributed by atoms with Crippen molar-refractivity contribution in [1.29, 1.82) is 0 Å². The monoisotopic (exact) mass is 304 g/mol. The molecule has 2 rings (SSSR count). The number of thiazole rings is 1. The third-order valence-corrected chi connectivity index (χ3v) is 3.94. The summed E-state index contributed by atoms with van der Waals surface area (Å²) in [5.41, 5.74) is 1.14. The molecule has 0 aliphatic carbocycles. The Morgan fingerprint density at radius 3 is 2.48 bits per heavy atom. The van der Waals surface area contributed by atoms with E-state index in [0.29, 0.717) is 27.9 Å². The summed E-state index contributed by atoms with van der Waals surface area (Å²) in [6, 6.07) is 6.86. The Morgan fingerprint density at radius 2 is 1.95 bits per heavy atom. The molecule has 1 heterocycles. The number of carbonyl (C=O) groups is 2. The fourth-order valence-corrected chi connectivity index (χ4v) is 2.67. The van der Waals surface area contributed by atoms with Gasteiger partial charge < -0.3 is 4.74 Å². The van der Waals surface area contributed by atoms with Crippen LogP contribution < -0.4 is 10.1 Å². The average molecular weight is 304 g/mol. The maximum absolute atomic E-state index is 12.1. The summed E-state index contributed by atoms with van der Waals surface area (Å²) in [7, 11) is 0. The smallest absolute Gasteiger partial charge is 0.257 e. The number of hydrogen-bond acceptors (Lipinski definition) is 5. The summed E-state index contributed by atoms with van der Waals surface area (Å²) in [6.45, 7) is 5.72. The zero-order chi connectivity index (χ0) is 15.4. The molecule has 21 heavy (non-hydrogen) atoms. The van der Waals surface area contributed by atoms with Crippen LogP contribution in [0.1, 0.15) is 39.6 Å².